The Kier molecular flexibility index (Phi) is 7.10. The van der Waals surface area contributed by atoms with Crippen molar-refractivity contribution in [1.82, 2.24) is 10.2 Å². The normalized spacial score (nSPS) is 16.8. The third kappa shape index (κ3) is 5.11. The van der Waals surface area contributed by atoms with Crippen molar-refractivity contribution >= 4 is 11.8 Å². The number of hydrogen-bond acceptors (Lipinski definition) is 4. The molecule has 1 saturated heterocycles. The van der Waals surface area contributed by atoms with Crippen molar-refractivity contribution in [3.8, 4) is 11.5 Å². The molecule has 0 bridgehead atoms. The van der Waals surface area contributed by atoms with Crippen LogP contribution in [0.3, 0.4) is 0 Å². The molecule has 0 aliphatic carbocycles. The minimum absolute atomic E-state index is 0.0684. The second kappa shape index (κ2) is 9.30. The fourth-order valence-corrected chi connectivity index (χ4v) is 3.04. The lowest BCUT2D eigenvalue weighted by molar-refractivity contribution is -0.129. The van der Waals surface area contributed by atoms with E-state index >= 15 is 0 Å². The zero-order chi connectivity index (χ0) is 18.2. The van der Waals surface area contributed by atoms with E-state index in [1.54, 1.807) is 14.2 Å². The largest absolute Gasteiger partial charge is 0.493 e. The molecule has 2 amide bonds. The Labute approximate surface area is 149 Å². The monoisotopic (exact) mass is 348 g/mol. The van der Waals surface area contributed by atoms with Gasteiger partial charge in [0.25, 0.3) is 0 Å². The van der Waals surface area contributed by atoms with Gasteiger partial charge in [-0.1, -0.05) is 25.8 Å². The minimum Gasteiger partial charge on any atom is -0.493 e. The SMILES string of the molecule is CCCCCN1CC(C(=O)NCc2ccc(OC)c(OC)c2)CC1=O. The lowest BCUT2D eigenvalue weighted by Crippen LogP contribution is -2.33. The maximum atomic E-state index is 12.4. The maximum Gasteiger partial charge on any atom is 0.225 e. The molecule has 1 unspecified atom stereocenters. The molecular weight excluding hydrogens is 320 g/mol. The summed E-state index contributed by atoms with van der Waals surface area (Å²) in [7, 11) is 3.17. The summed E-state index contributed by atoms with van der Waals surface area (Å²) in [6.45, 7) is 3.82. The van der Waals surface area contributed by atoms with Crippen LogP contribution < -0.4 is 14.8 Å². The number of amides is 2. The number of ether oxygens (including phenoxy) is 2. The van der Waals surface area contributed by atoms with E-state index in [4.69, 9.17) is 9.47 Å². The van der Waals surface area contributed by atoms with E-state index in [-0.39, 0.29) is 17.7 Å². The van der Waals surface area contributed by atoms with Crippen LogP contribution >= 0.6 is 0 Å². The summed E-state index contributed by atoms with van der Waals surface area (Å²) < 4.78 is 10.5. The predicted octanol–water partition coefficient (Wildman–Crippen LogP) is 2.36. The molecule has 138 valence electrons. The second-order valence-electron chi connectivity index (χ2n) is 6.36. The van der Waals surface area contributed by atoms with E-state index in [9.17, 15) is 9.59 Å². The average molecular weight is 348 g/mol. The van der Waals surface area contributed by atoms with Crippen LogP contribution in [0.2, 0.25) is 0 Å². The standard InChI is InChI=1S/C19H28N2O4/c1-4-5-6-9-21-13-15(11-18(21)22)19(23)20-12-14-7-8-16(24-2)17(10-14)25-3/h7-8,10,15H,4-6,9,11-13H2,1-3H3,(H,20,23). The van der Waals surface area contributed by atoms with E-state index in [0.717, 1.165) is 31.4 Å². The van der Waals surface area contributed by atoms with E-state index in [1.165, 1.54) is 0 Å². The van der Waals surface area contributed by atoms with Gasteiger partial charge in [0, 0.05) is 26.1 Å². The fourth-order valence-electron chi connectivity index (χ4n) is 3.04. The number of hydrogen-bond donors (Lipinski definition) is 1. The summed E-state index contributed by atoms with van der Waals surface area (Å²) in [5.41, 5.74) is 0.926. The van der Waals surface area contributed by atoms with Crippen molar-refractivity contribution in [2.75, 3.05) is 27.3 Å². The molecule has 6 heteroatoms. The molecule has 0 aromatic heterocycles. The van der Waals surface area contributed by atoms with Gasteiger partial charge in [-0.15, -0.1) is 0 Å². The number of rotatable bonds is 9. The summed E-state index contributed by atoms with van der Waals surface area (Å²) >= 11 is 0. The summed E-state index contributed by atoms with van der Waals surface area (Å²) in [5.74, 6) is 1.05. The van der Waals surface area contributed by atoms with Gasteiger partial charge in [-0.3, -0.25) is 9.59 Å². The Morgan fingerprint density at radius 3 is 2.68 bits per heavy atom. The number of nitrogens with one attached hydrogen (secondary N) is 1. The van der Waals surface area contributed by atoms with Crippen molar-refractivity contribution < 1.29 is 19.1 Å². The van der Waals surface area contributed by atoms with E-state index in [0.29, 0.717) is 31.0 Å². The highest BCUT2D eigenvalue weighted by Crippen LogP contribution is 2.27. The zero-order valence-electron chi connectivity index (χ0n) is 15.3. The van der Waals surface area contributed by atoms with Gasteiger partial charge in [0.2, 0.25) is 11.8 Å². The van der Waals surface area contributed by atoms with Crippen molar-refractivity contribution in [3.05, 3.63) is 23.8 Å². The molecule has 1 N–H and O–H groups in total. The molecule has 2 rings (SSSR count). The molecule has 1 fully saturated rings. The number of carbonyl (C=O) groups is 2. The first-order valence-corrected chi connectivity index (χ1v) is 8.85. The molecule has 6 nitrogen and oxygen atoms in total. The molecule has 1 aromatic rings. The predicted molar refractivity (Wildman–Crippen MR) is 95.6 cm³/mol. The average Bonchev–Trinajstić information content (AvgIpc) is 3.00. The van der Waals surface area contributed by atoms with Crippen LogP contribution in [0.5, 0.6) is 11.5 Å². The molecule has 0 spiro atoms. The summed E-state index contributed by atoms with van der Waals surface area (Å²) in [6.07, 6.45) is 3.54. The van der Waals surface area contributed by atoms with Crippen molar-refractivity contribution in [1.29, 1.82) is 0 Å². The highest BCUT2D eigenvalue weighted by molar-refractivity contribution is 5.89. The number of carbonyl (C=O) groups excluding carboxylic acids is 2. The number of nitrogens with zero attached hydrogens (tertiary/aromatic N) is 1. The topological polar surface area (TPSA) is 67.9 Å². The van der Waals surface area contributed by atoms with E-state index in [1.807, 2.05) is 23.1 Å². The van der Waals surface area contributed by atoms with E-state index in [2.05, 4.69) is 12.2 Å². The van der Waals surface area contributed by atoms with Gasteiger partial charge < -0.3 is 19.7 Å². The van der Waals surface area contributed by atoms with Crippen molar-refractivity contribution in [2.45, 2.75) is 39.2 Å². The quantitative estimate of drug-likeness (QED) is 0.696. The molecular formula is C19H28N2O4. The molecule has 1 heterocycles. The maximum absolute atomic E-state index is 12.4. The Morgan fingerprint density at radius 2 is 2.00 bits per heavy atom. The van der Waals surface area contributed by atoms with Crippen molar-refractivity contribution in [2.24, 2.45) is 5.92 Å². The van der Waals surface area contributed by atoms with Gasteiger partial charge in [0.15, 0.2) is 11.5 Å². The van der Waals surface area contributed by atoms with Crippen LogP contribution in [0.25, 0.3) is 0 Å². The van der Waals surface area contributed by atoms with Gasteiger partial charge in [-0.25, -0.2) is 0 Å². The minimum atomic E-state index is -0.255. The smallest absolute Gasteiger partial charge is 0.225 e. The molecule has 1 aliphatic heterocycles. The number of likely N-dealkylation sites (tertiary alicyclic amines) is 1. The Morgan fingerprint density at radius 1 is 1.24 bits per heavy atom. The molecule has 1 aliphatic rings. The Hall–Kier alpha value is -2.24. The zero-order valence-corrected chi connectivity index (χ0v) is 15.3. The van der Waals surface area contributed by atoms with Crippen LogP contribution in [0.1, 0.15) is 38.2 Å². The van der Waals surface area contributed by atoms with Crippen LogP contribution in [-0.2, 0) is 16.1 Å². The first kappa shape index (κ1) is 19.1. The van der Waals surface area contributed by atoms with Gasteiger partial charge in [-0.05, 0) is 24.1 Å². The third-order valence-electron chi connectivity index (χ3n) is 4.53. The molecule has 25 heavy (non-hydrogen) atoms. The van der Waals surface area contributed by atoms with Crippen LogP contribution in [0.15, 0.2) is 18.2 Å². The molecule has 0 radical (unpaired) electrons. The lowest BCUT2D eigenvalue weighted by atomic mass is 10.1. The number of benzene rings is 1. The summed E-state index contributed by atoms with van der Waals surface area (Å²) in [6, 6.07) is 5.54. The first-order chi connectivity index (χ1) is 12.1. The van der Waals surface area contributed by atoms with Gasteiger partial charge in [-0.2, -0.15) is 0 Å². The summed E-state index contributed by atoms with van der Waals surface area (Å²) in [5, 5.41) is 2.92. The molecule has 1 atom stereocenters. The van der Waals surface area contributed by atoms with Gasteiger partial charge in [0.1, 0.15) is 0 Å². The highest BCUT2D eigenvalue weighted by atomic mass is 16.5. The first-order valence-electron chi connectivity index (χ1n) is 8.85. The molecule has 0 saturated carbocycles. The highest BCUT2D eigenvalue weighted by Gasteiger charge is 2.33. The van der Waals surface area contributed by atoms with Crippen LogP contribution in [0, 0.1) is 5.92 Å². The fraction of sp³-hybridized carbons (Fsp3) is 0.579. The summed E-state index contributed by atoms with van der Waals surface area (Å²) in [4.78, 5) is 26.2. The number of unbranched alkanes of at least 4 members (excludes halogenated alkanes) is 2. The van der Waals surface area contributed by atoms with Crippen LogP contribution in [0.4, 0.5) is 0 Å². The van der Waals surface area contributed by atoms with Crippen LogP contribution in [-0.4, -0.2) is 44.0 Å². The van der Waals surface area contributed by atoms with Gasteiger partial charge in [0.05, 0.1) is 20.1 Å². The van der Waals surface area contributed by atoms with Gasteiger partial charge >= 0.3 is 0 Å². The second-order valence-corrected chi connectivity index (χ2v) is 6.36. The lowest BCUT2D eigenvalue weighted by Gasteiger charge is -2.16. The Balaban J connectivity index is 1.85. The Bertz CT molecular complexity index is 603. The number of methoxy groups -OCH3 is 2. The van der Waals surface area contributed by atoms with E-state index < -0.39 is 0 Å². The third-order valence-corrected chi connectivity index (χ3v) is 4.53. The molecule has 1 aromatic carbocycles. The van der Waals surface area contributed by atoms with Crippen molar-refractivity contribution in [3.63, 3.8) is 0 Å².